The van der Waals surface area contributed by atoms with Crippen LogP contribution >= 0.6 is 11.8 Å². The molecule has 1 aromatic heterocycles. The smallest absolute Gasteiger partial charge is 0.233 e. The van der Waals surface area contributed by atoms with E-state index in [1.165, 1.54) is 11.8 Å². The quantitative estimate of drug-likeness (QED) is 0.632. The van der Waals surface area contributed by atoms with Gasteiger partial charge in [-0.1, -0.05) is 48.2 Å². The Balaban J connectivity index is 1.71. The number of aromatic nitrogens is 4. The number of methoxy groups -OCH3 is 1. The Morgan fingerprint density at radius 1 is 1.26 bits per heavy atom. The first-order valence-electron chi connectivity index (χ1n) is 8.50. The van der Waals surface area contributed by atoms with Gasteiger partial charge in [0.25, 0.3) is 0 Å². The fourth-order valence-corrected chi connectivity index (χ4v) is 3.33. The van der Waals surface area contributed by atoms with Crippen molar-refractivity contribution < 1.29 is 9.53 Å². The van der Waals surface area contributed by atoms with Crippen LogP contribution in [0.2, 0.25) is 0 Å². The molecule has 0 saturated carbocycles. The van der Waals surface area contributed by atoms with Crippen LogP contribution in [0.4, 0.5) is 0 Å². The molecular formula is C19H21N5O2S. The normalized spacial score (nSPS) is 11.8. The van der Waals surface area contributed by atoms with E-state index in [-0.39, 0.29) is 11.2 Å². The van der Waals surface area contributed by atoms with Gasteiger partial charge in [-0.05, 0) is 47.5 Å². The third-order valence-corrected chi connectivity index (χ3v) is 5.00. The van der Waals surface area contributed by atoms with Crippen molar-refractivity contribution in [2.45, 2.75) is 30.8 Å². The average Bonchev–Trinajstić information content (AvgIpc) is 3.14. The van der Waals surface area contributed by atoms with E-state index in [0.717, 1.165) is 16.8 Å². The number of aryl methyl sites for hydroxylation is 1. The number of carbonyl (C=O) groups excluding carboxylic acids is 1. The van der Waals surface area contributed by atoms with E-state index in [9.17, 15) is 4.79 Å². The topological polar surface area (TPSA) is 81.9 Å². The highest BCUT2D eigenvalue weighted by molar-refractivity contribution is 8.00. The van der Waals surface area contributed by atoms with Gasteiger partial charge in [0.2, 0.25) is 11.1 Å². The largest absolute Gasteiger partial charge is 0.494 e. The number of nitrogens with one attached hydrogen (secondary N) is 1. The second-order valence-electron chi connectivity index (χ2n) is 6.01. The van der Waals surface area contributed by atoms with Crippen LogP contribution in [-0.4, -0.2) is 38.5 Å². The molecule has 0 unspecified atom stereocenters. The first-order chi connectivity index (χ1) is 13.1. The molecule has 1 heterocycles. The standard InChI is InChI=1S/C19H21N5O2S/c1-13-9-10-17(26-3)16(11-13)24-19(21-22-23-24)27-14(2)18(25)20-12-15-7-5-4-6-8-15/h4-11,14H,12H2,1-3H3,(H,20,25)/t14-/m0/s1. The number of nitrogens with zero attached hydrogens (tertiary/aromatic N) is 4. The number of benzene rings is 2. The molecule has 27 heavy (non-hydrogen) atoms. The van der Waals surface area contributed by atoms with Gasteiger partial charge in [-0.15, -0.1) is 5.10 Å². The Labute approximate surface area is 162 Å². The average molecular weight is 383 g/mol. The molecular weight excluding hydrogens is 362 g/mol. The van der Waals surface area contributed by atoms with Gasteiger partial charge in [0.05, 0.1) is 12.4 Å². The Hall–Kier alpha value is -2.87. The van der Waals surface area contributed by atoms with Crippen LogP contribution in [0, 0.1) is 6.92 Å². The summed E-state index contributed by atoms with van der Waals surface area (Å²) in [5.74, 6) is 0.588. The molecule has 0 radical (unpaired) electrons. The highest BCUT2D eigenvalue weighted by Gasteiger charge is 2.20. The van der Waals surface area contributed by atoms with Crippen molar-refractivity contribution in [3.63, 3.8) is 0 Å². The van der Waals surface area contributed by atoms with Crippen molar-refractivity contribution >= 4 is 17.7 Å². The summed E-state index contributed by atoms with van der Waals surface area (Å²) in [5, 5.41) is 15.0. The monoisotopic (exact) mass is 383 g/mol. The van der Waals surface area contributed by atoms with Gasteiger partial charge in [0, 0.05) is 6.54 Å². The minimum Gasteiger partial charge on any atom is -0.494 e. The number of carbonyl (C=O) groups is 1. The van der Waals surface area contributed by atoms with E-state index in [1.54, 1.807) is 11.8 Å². The number of rotatable bonds is 7. The summed E-state index contributed by atoms with van der Waals surface area (Å²) in [5.41, 5.74) is 2.85. The van der Waals surface area contributed by atoms with Crippen molar-refractivity contribution in [1.29, 1.82) is 0 Å². The summed E-state index contributed by atoms with van der Waals surface area (Å²) in [4.78, 5) is 12.4. The van der Waals surface area contributed by atoms with Crippen molar-refractivity contribution in [3.05, 3.63) is 59.7 Å². The molecule has 1 amide bonds. The Morgan fingerprint density at radius 2 is 2.04 bits per heavy atom. The molecule has 7 nitrogen and oxygen atoms in total. The van der Waals surface area contributed by atoms with Gasteiger partial charge in [-0.3, -0.25) is 4.79 Å². The number of ether oxygens (including phenoxy) is 1. The first kappa shape index (κ1) is 18.9. The summed E-state index contributed by atoms with van der Waals surface area (Å²) in [6.45, 7) is 4.30. The molecule has 8 heteroatoms. The molecule has 3 aromatic rings. The summed E-state index contributed by atoms with van der Waals surface area (Å²) in [7, 11) is 1.60. The van der Waals surface area contributed by atoms with Crippen LogP contribution < -0.4 is 10.1 Å². The van der Waals surface area contributed by atoms with Crippen molar-refractivity contribution in [3.8, 4) is 11.4 Å². The van der Waals surface area contributed by atoms with E-state index in [0.29, 0.717) is 17.5 Å². The number of amides is 1. The van der Waals surface area contributed by atoms with E-state index < -0.39 is 0 Å². The SMILES string of the molecule is COc1ccc(C)cc1-n1nnnc1S[C@@H](C)C(=O)NCc1ccccc1. The first-order valence-corrected chi connectivity index (χ1v) is 9.38. The number of tetrazole rings is 1. The van der Waals surface area contributed by atoms with Gasteiger partial charge in [-0.2, -0.15) is 4.68 Å². The summed E-state index contributed by atoms with van der Waals surface area (Å²) in [6, 6.07) is 15.6. The van der Waals surface area contributed by atoms with Gasteiger partial charge in [0.15, 0.2) is 0 Å². The predicted molar refractivity (Wildman–Crippen MR) is 104 cm³/mol. The minimum absolute atomic E-state index is 0.0744. The lowest BCUT2D eigenvalue weighted by Gasteiger charge is -2.13. The number of hydrogen-bond acceptors (Lipinski definition) is 6. The second-order valence-corrected chi connectivity index (χ2v) is 7.32. The lowest BCUT2D eigenvalue weighted by molar-refractivity contribution is -0.120. The summed E-state index contributed by atoms with van der Waals surface area (Å²) >= 11 is 1.30. The van der Waals surface area contributed by atoms with Crippen LogP contribution in [0.25, 0.3) is 5.69 Å². The van der Waals surface area contributed by atoms with Gasteiger partial charge < -0.3 is 10.1 Å². The lowest BCUT2D eigenvalue weighted by atomic mass is 10.2. The molecule has 2 aromatic carbocycles. The molecule has 3 rings (SSSR count). The van der Waals surface area contributed by atoms with Crippen LogP contribution in [0.3, 0.4) is 0 Å². The van der Waals surface area contributed by atoms with E-state index in [1.807, 2.05) is 62.4 Å². The molecule has 0 fully saturated rings. The van der Waals surface area contributed by atoms with Crippen molar-refractivity contribution in [2.75, 3.05) is 7.11 Å². The van der Waals surface area contributed by atoms with Gasteiger partial charge >= 0.3 is 0 Å². The van der Waals surface area contributed by atoms with Crippen LogP contribution in [0.15, 0.2) is 53.7 Å². The highest BCUT2D eigenvalue weighted by atomic mass is 32.2. The number of thioether (sulfide) groups is 1. The summed E-state index contributed by atoms with van der Waals surface area (Å²) < 4.78 is 7.01. The maximum atomic E-state index is 12.4. The summed E-state index contributed by atoms with van der Waals surface area (Å²) in [6.07, 6.45) is 0. The highest BCUT2D eigenvalue weighted by Crippen LogP contribution is 2.28. The minimum atomic E-state index is -0.353. The zero-order chi connectivity index (χ0) is 19.2. The maximum Gasteiger partial charge on any atom is 0.233 e. The zero-order valence-electron chi connectivity index (χ0n) is 15.4. The lowest BCUT2D eigenvalue weighted by Crippen LogP contribution is -2.30. The van der Waals surface area contributed by atoms with E-state index >= 15 is 0 Å². The van der Waals surface area contributed by atoms with Crippen LogP contribution in [0.1, 0.15) is 18.1 Å². The Morgan fingerprint density at radius 3 is 2.78 bits per heavy atom. The van der Waals surface area contributed by atoms with Gasteiger partial charge in [0.1, 0.15) is 11.4 Å². The predicted octanol–water partition coefficient (Wildman–Crippen LogP) is 2.78. The van der Waals surface area contributed by atoms with Crippen LogP contribution in [0.5, 0.6) is 5.75 Å². The van der Waals surface area contributed by atoms with E-state index in [2.05, 4.69) is 20.8 Å². The molecule has 1 atom stereocenters. The second kappa shape index (κ2) is 8.68. The Kier molecular flexibility index (Phi) is 6.08. The third-order valence-electron chi connectivity index (χ3n) is 3.96. The molecule has 1 N–H and O–H groups in total. The van der Waals surface area contributed by atoms with Gasteiger partial charge in [-0.25, -0.2) is 0 Å². The van der Waals surface area contributed by atoms with Crippen molar-refractivity contribution in [1.82, 2.24) is 25.5 Å². The fraction of sp³-hybridized carbons (Fsp3) is 0.263. The third kappa shape index (κ3) is 4.65. The van der Waals surface area contributed by atoms with Crippen LogP contribution in [-0.2, 0) is 11.3 Å². The maximum absolute atomic E-state index is 12.4. The molecule has 0 spiro atoms. The van der Waals surface area contributed by atoms with Crippen molar-refractivity contribution in [2.24, 2.45) is 0 Å². The molecule has 140 valence electrons. The fourth-order valence-electron chi connectivity index (χ4n) is 2.51. The molecule has 0 bridgehead atoms. The zero-order valence-corrected chi connectivity index (χ0v) is 16.2. The molecule has 0 aliphatic heterocycles. The Bertz CT molecular complexity index is 913. The molecule has 0 saturated heterocycles. The van der Waals surface area contributed by atoms with E-state index in [4.69, 9.17) is 4.74 Å². The molecule has 0 aliphatic rings. The molecule has 0 aliphatic carbocycles. The number of hydrogen-bond donors (Lipinski definition) is 1.